The minimum Gasteiger partial charge on any atom is -0.352 e. The third-order valence-electron chi connectivity index (χ3n) is 3.22. The van der Waals surface area contributed by atoms with E-state index in [1.165, 1.54) is 12.1 Å². The number of aromatic nitrogens is 3. The molecule has 0 radical (unpaired) electrons. The van der Waals surface area contributed by atoms with E-state index in [1.807, 2.05) is 32.0 Å². The van der Waals surface area contributed by atoms with Crippen LogP contribution in [0.1, 0.15) is 13.8 Å². The lowest BCUT2D eigenvalue weighted by molar-refractivity contribution is 0.628. The third kappa shape index (κ3) is 4.04. The average molecular weight is 323 g/mol. The molecule has 3 aromatic rings. The van der Waals surface area contributed by atoms with Gasteiger partial charge in [-0.15, -0.1) is 0 Å². The fraction of sp³-hybridized carbons (Fsp3) is 0.167. The Hall–Kier alpha value is -3.02. The first-order valence-corrected chi connectivity index (χ1v) is 7.69. The van der Waals surface area contributed by atoms with Gasteiger partial charge in [-0.05, 0) is 50.2 Å². The molecule has 0 atom stereocenters. The van der Waals surface area contributed by atoms with Gasteiger partial charge in [-0.3, -0.25) is 4.98 Å². The van der Waals surface area contributed by atoms with E-state index >= 15 is 0 Å². The van der Waals surface area contributed by atoms with Gasteiger partial charge in [0, 0.05) is 35.8 Å². The van der Waals surface area contributed by atoms with Gasteiger partial charge in [-0.25, -0.2) is 9.37 Å². The summed E-state index contributed by atoms with van der Waals surface area (Å²) in [6.07, 6.45) is 3.47. The smallest absolute Gasteiger partial charge is 0.225 e. The Kier molecular flexibility index (Phi) is 4.65. The molecule has 3 rings (SSSR count). The monoisotopic (exact) mass is 323 g/mol. The second-order valence-corrected chi connectivity index (χ2v) is 5.63. The molecule has 24 heavy (non-hydrogen) atoms. The van der Waals surface area contributed by atoms with Crippen molar-refractivity contribution in [1.82, 2.24) is 15.0 Å². The van der Waals surface area contributed by atoms with E-state index in [-0.39, 0.29) is 11.9 Å². The minimum absolute atomic E-state index is 0.202. The normalized spacial score (nSPS) is 10.7. The number of hydrogen-bond acceptors (Lipinski definition) is 5. The summed E-state index contributed by atoms with van der Waals surface area (Å²) >= 11 is 0. The van der Waals surface area contributed by atoms with E-state index in [0.717, 1.165) is 16.9 Å². The highest BCUT2D eigenvalue weighted by molar-refractivity contribution is 5.66. The first-order valence-electron chi connectivity index (χ1n) is 7.69. The van der Waals surface area contributed by atoms with Gasteiger partial charge in [0.05, 0.1) is 5.69 Å². The van der Waals surface area contributed by atoms with Gasteiger partial charge in [0.15, 0.2) is 0 Å². The molecule has 122 valence electrons. The van der Waals surface area contributed by atoms with E-state index in [9.17, 15) is 4.39 Å². The Morgan fingerprint density at radius 2 is 1.83 bits per heavy atom. The molecular weight excluding hydrogens is 305 g/mol. The van der Waals surface area contributed by atoms with Gasteiger partial charge >= 0.3 is 0 Å². The molecule has 0 aliphatic heterocycles. The van der Waals surface area contributed by atoms with E-state index in [2.05, 4.69) is 25.6 Å². The minimum atomic E-state index is -0.276. The molecule has 0 saturated heterocycles. The number of hydrogen-bond donors (Lipinski definition) is 2. The summed E-state index contributed by atoms with van der Waals surface area (Å²) in [5.74, 6) is 0.871. The highest BCUT2D eigenvalue weighted by atomic mass is 19.1. The molecule has 0 aliphatic carbocycles. The lowest BCUT2D eigenvalue weighted by atomic mass is 10.2. The average Bonchev–Trinajstić information content (AvgIpc) is 2.57. The molecule has 0 amide bonds. The van der Waals surface area contributed by atoms with Crippen LogP contribution in [-0.2, 0) is 0 Å². The van der Waals surface area contributed by atoms with Gasteiger partial charge in [-0.1, -0.05) is 0 Å². The highest BCUT2D eigenvalue weighted by Crippen LogP contribution is 2.23. The molecule has 2 aromatic heterocycles. The summed E-state index contributed by atoms with van der Waals surface area (Å²) in [5.41, 5.74) is 2.41. The zero-order valence-electron chi connectivity index (χ0n) is 13.5. The molecule has 0 spiro atoms. The summed E-state index contributed by atoms with van der Waals surface area (Å²) in [4.78, 5) is 13.1. The van der Waals surface area contributed by atoms with Gasteiger partial charge < -0.3 is 10.6 Å². The number of nitrogens with zero attached hydrogens (tertiary/aromatic N) is 3. The Morgan fingerprint density at radius 3 is 2.50 bits per heavy atom. The third-order valence-corrected chi connectivity index (χ3v) is 3.22. The molecule has 0 aliphatic rings. The second kappa shape index (κ2) is 7.04. The molecule has 0 unspecified atom stereocenters. The molecule has 0 bridgehead atoms. The summed E-state index contributed by atoms with van der Waals surface area (Å²) in [7, 11) is 0. The largest absolute Gasteiger partial charge is 0.352 e. The lowest BCUT2D eigenvalue weighted by Gasteiger charge is -2.13. The van der Waals surface area contributed by atoms with Crippen molar-refractivity contribution in [3.8, 4) is 11.3 Å². The zero-order valence-corrected chi connectivity index (χ0v) is 13.5. The molecule has 6 heteroatoms. The summed E-state index contributed by atoms with van der Waals surface area (Å²) < 4.78 is 13.0. The van der Waals surface area contributed by atoms with Crippen LogP contribution in [0.5, 0.6) is 0 Å². The van der Waals surface area contributed by atoms with Crippen molar-refractivity contribution in [3.05, 3.63) is 60.7 Å². The number of rotatable bonds is 5. The first kappa shape index (κ1) is 15.9. The molecule has 0 fully saturated rings. The van der Waals surface area contributed by atoms with Gasteiger partial charge in [-0.2, -0.15) is 4.98 Å². The van der Waals surface area contributed by atoms with Crippen LogP contribution in [0, 0.1) is 5.82 Å². The molecule has 5 nitrogen and oxygen atoms in total. The number of nitrogens with one attached hydrogen (secondary N) is 2. The maximum atomic E-state index is 13.0. The lowest BCUT2D eigenvalue weighted by Crippen LogP contribution is -2.13. The van der Waals surface area contributed by atoms with Gasteiger partial charge in [0.1, 0.15) is 11.6 Å². The maximum Gasteiger partial charge on any atom is 0.225 e. The van der Waals surface area contributed by atoms with Crippen LogP contribution in [0.3, 0.4) is 0 Å². The fourth-order valence-electron chi connectivity index (χ4n) is 2.18. The van der Waals surface area contributed by atoms with Crippen LogP contribution in [0.15, 0.2) is 54.9 Å². The van der Waals surface area contributed by atoms with Crippen LogP contribution < -0.4 is 10.6 Å². The Balaban J connectivity index is 1.96. The van der Waals surface area contributed by atoms with Gasteiger partial charge in [0.2, 0.25) is 5.95 Å². The molecule has 2 N–H and O–H groups in total. The maximum absolute atomic E-state index is 13.0. The SMILES string of the molecule is CC(C)Nc1nc(Nc2ccc(F)cc2)cc(-c2cccnc2)n1. The summed E-state index contributed by atoms with van der Waals surface area (Å²) in [6, 6.07) is 12.0. The predicted octanol–water partition coefficient (Wildman–Crippen LogP) is 4.24. The number of pyridine rings is 1. The van der Waals surface area contributed by atoms with Crippen LogP contribution in [0.25, 0.3) is 11.3 Å². The zero-order chi connectivity index (χ0) is 16.9. The van der Waals surface area contributed by atoms with Crippen molar-refractivity contribution >= 4 is 17.5 Å². The standard InChI is InChI=1S/C18H18FN5/c1-12(2)21-18-23-16(13-4-3-9-20-11-13)10-17(24-18)22-15-7-5-14(19)6-8-15/h3-12H,1-2H3,(H2,21,22,23,24). The van der Waals surface area contributed by atoms with E-state index in [0.29, 0.717) is 11.8 Å². The number of benzene rings is 1. The van der Waals surface area contributed by atoms with Crippen LogP contribution in [0.4, 0.5) is 21.8 Å². The van der Waals surface area contributed by atoms with E-state index in [4.69, 9.17) is 0 Å². The topological polar surface area (TPSA) is 62.7 Å². The van der Waals surface area contributed by atoms with Crippen molar-refractivity contribution < 1.29 is 4.39 Å². The molecule has 2 heterocycles. The summed E-state index contributed by atoms with van der Waals surface area (Å²) in [6.45, 7) is 4.04. The van der Waals surface area contributed by atoms with Crippen LogP contribution in [-0.4, -0.2) is 21.0 Å². The van der Waals surface area contributed by atoms with Crippen molar-refractivity contribution in [3.63, 3.8) is 0 Å². The van der Waals surface area contributed by atoms with Crippen molar-refractivity contribution in [2.75, 3.05) is 10.6 Å². The second-order valence-electron chi connectivity index (χ2n) is 5.63. The van der Waals surface area contributed by atoms with Gasteiger partial charge in [0.25, 0.3) is 0 Å². The van der Waals surface area contributed by atoms with E-state index in [1.54, 1.807) is 24.5 Å². The van der Waals surface area contributed by atoms with E-state index < -0.39 is 0 Å². The van der Waals surface area contributed by atoms with Crippen LogP contribution in [0.2, 0.25) is 0 Å². The summed E-state index contributed by atoms with van der Waals surface area (Å²) in [5, 5.41) is 6.38. The Bertz CT molecular complexity index is 803. The fourth-order valence-corrected chi connectivity index (χ4v) is 2.18. The van der Waals surface area contributed by atoms with Crippen LogP contribution >= 0.6 is 0 Å². The predicted molar refractivity (Wildman–Crippen MR) is 93.7 cm³/mol. The highest BCUT2D eigenvalue weighted by Gasteiger charge is 2.08. The Morgan fingerprint density at radius 1 is 1.04 bits per heavy atom. The van der Waals surface area contributed by atoms with Crippen molar-refractivity contribution in [2.24, 2.45) is 0 Å². The first-order chi connectivity index (χ1) is 11.6. The quantitative estimate of drug-likeness (QED) is 0.735. The number of halogens is 1. The molecular formula is C18H18FN5. The molecule has 1 aromatic carbocycles. The number of anilines is 3. The molecule has 0 saturated carbocycles. The van der Waals surface area contributed by atoms with Crippen molar-refractivity contribution in [1.29, 1.82) is 0 Å². The Labute approximate surface area is 140 Å². The van der Waals surface area contributed by atoms with Crippen molar-refractivity contribution in [2.45, 2.75) is 19.9 Å².